The molecule has 2 fully saturated rings. The van der Waals surface area contributed by atoms with E-state index < -0.39 is 47.2 Å². The fraction of sp³-hybridized carbons (Fsp3) is 0.532. The number of pyridine rings is 1. The van der Waals surface area contributed by atoms with Crippen molar-refractivity contribution in [3.05, 3.63) is 66.6 Å². The number of cyclic esters (lactones) is 1. The Morgan fingerprint density at radius 1 is 1.12 bits per heavy atom. The highest BCUT2D eigenvalue weighted by Gasteiger charge is 2.40. The molecule has 0 spiro atoms. The summed E-state index contributed by atoms with van der Waals surface area (Å²) in [6.45, 7) is 17.1. The lowest BCUT2D eigenvalue weighted by Gasteiger charge is -2.36. The van der Waals surface area contributed by atoms with Crippen molar-refractivity contribution in [3.8, 4) is 22.5 Å². The number of carbonyl (C=O) groups excluding carboxylic acids is 5. The number of hydrazine groups is 1. The summed E-state index contributed by atoms with van der Waals surface area (Å²) in [5.41, 5.74) is 8.82. The third-order valence-corrected chi connectivity index (χ3v) is 12.8. The SMILES string of the molecule is C=CC(=O)N1CC[C@H](C(=O)N(C)C(C(=O)N[C@H]2Cn3ncc(n3)-c3ccc4c(c3)c(c(-c3cccnc3[C@H](C)OC)n4CC)CC(C)(C)COC(=O)[C@@H]3CCCN(N3)C2=O)C(C)C)C1. The first kappa shape index (κ1) is 46.1. The van der Waals surface area contributed by atoms with Crippen molar-refractivity contribution in [1.82, 2.24) is 50.1 Å². The molecule has 6 bridgehead atoms. The van der Waals surface area contributed by atoms with Crippen LogP contribution >= 0.6 is 0 Å². The van der Waals surface area contributed by atoms with Gasteiger partial charge in [-0.3, -0.25) is 34.0 Å². The van der Waals surface area contributed by atoms with Gasteiger partial charge in [0.1, 0.15) is 23.8 Å². The molecule has 0 radical (unpaired) electrons. The molecule has 17 heteroatoms. The zero-order valence-electron chi connectivity index (χ0n) is 38.3. The van der Waals surface area contributed by atoms with Crippen LogP contribution in [0.25, 0.3) is 33.4 Å². The van der Waals surface area contributed by atoms with Crippen molar-refractivity contribution >= 4 is 40.5 Å². The minimum Gasteiger partial charge on any atom is -0.464 e. The van der Waals surface area contributed by atoms with Crippen molar-refractivity contribution < 1.29 is 33.4 Å². The number of amides is 4. The summed E-state index contributed by atoms with van der Waals surface area (Å²) in [5.74, 6) is -2.83. The molecule has 0 saturated carbocycles. The third-order valence-electron chi connectivity index (χ3n) is 12.8. The molecule has 5 atom stereocenters. The minimum absolute atomic E-state index is 0.115. The van der Waals surface area contributed by atoms with Crippen LogP contribution < -0.4 is 10.7 Å². The molecule has 2 N–H and O–H groups in total. The van der Waals surface area contributed by atoms with E-state index in [4.69, 9.17) is 19.6 Å². The first-order valence-corrected chi connectivity index (χ1v) is 22.3. The van der Waals surface area contributed by atoms with Gasteiger partial charge in [0.15, 0.2) is 0 Å². The smallest absolute Gasteiger partial charge is 0.324 e. The number of esters is 1. The number of aromatic nitrogens is 5. The van der Waals surface area contributed by atoms with Crippen LogP contribution in [-0.4, -0.2) is 127 Å². The van der Waals surface area contributed by atoms with E-state index in [1.54, 1.807) is 31.5 Å². The maximum atomic E-state index is 14.5. The molecule has 7 rings (SSSR count). The Kier molecular flexibility index (Phi) is 13.7. The first-order chi connectivity index (χ1) is 30.5. The van der Waals surface area contributed by atoms with Crippen LogP contribution in [-0.2, 0) is 53.0 Å². The second-order valence-electron chi connectivity index (χ2n) is 18.3. The van der Waals surface area contributed by atoms with Gasteiger partial charge in [-0.1, -0.05) is 40.3 Å². The fourth-order valence-electron chi connectivity index (χ4n) is 9.42. The number of likely N-dealkylation sites (N-methyl/N-ethyl adjacent to an activating group) is 1. The molecule has 3 aromatic heterocycles. The zero-order chi connectivity index (χ0) is 46.0. The molecule has 3 aliphatic rings. The summed E-state index contributed by atoms with van der Waals surface area (Å²) in [5, 5.41) is 14.8. The number of fused-ring (bicyclic) bond motifs is 6. The van der Waals surface area contributed by atoms with Gasteiger partial charge in [-0.15, -0.1) is 0 Å². The van der Waals surface area contributed by atoms with Crippen LogP contribution in [0.1, 0.15) is 78.2 Å². The fourth-order valence-corrected chi connectivity index (χ4v) is 9.42. The van der Waals surface area contributed by atoms with Crippen LogP contribution in [0.5, 0.6) is 0 Å². The summed E-state index contributed by atoms with van der Waals surface area (Å²) in [6.07, 6.45) is 6.36. The second-order valence-corrected chi connectivity index (χ2v) is 18.3. The number of rotatable bonds is 10. The average molecular weight is 879 g/mol. The van der Waals surface area contributed by atoms with E-state index in [2.05, 4.69) is 66.0 Å². The maximum Gasteiger partial charge on any atom is 0.324 e. The third kappa shape index (κ3) is 9.32. The monoisotopic (exact) mass is 878 g/mol. The number of hydrogen-bond donors (Lipinski definition) is 2. The van der Waals surface area contributed by atoms with Gasteiger partial charge in [0, 0.05) is 74.0 Å². The number of benzene rings is 1. The number of carbonyl (C=O) groups is 5. The normalized spacial score (nSPS) is 21.3. The summed E-state index contributed by atoms with van der Waals surface area (Å²) in [7, 11) is 3.25. The number of likely N-dealkylation sites (tertiary alicyclic amines) is 1. The Labute approximate surface area is 374 Å². The molecule has 64 heavy (non-hydrogen) atoms. The molecule has 6 heterocycles. The molecule has 1 aromatic carbocycles. The van der Waals surface area contributed by atoms with E-state index in [1.165, 1.54) is 20.8 Å². The van der Waals surface area contributed by atoms with Crippen molar-refractivity contribution in [2.75, 3.05) is 40.4 Å². The standard InChI is InChI=1S/C47H62N10O7/c1-10-39(58)54-21-18-31(25-54)44(60)53(8)41(28(3)4)43(59)50-37-26-57-49-24-36(52-57)30-16-17-38-33(22-30)34(42(55(38)11-2)32-14-12-19-48-40(32)29(5)63-9)23-47(6,7)27-64-46(62)35-15-13-20-56(51-35)45(37)61/h10,12,14,16-17,19,22,24,28-29,31,35,37,41,51H,1,11,13,15,18,20-21,23,25-27H2,2-9H3,(H,50,59)/t29-,31-,35-,37-,41?/m0/s1. The van der Waals surface area contributed by atoms with Gasteiger partial charge in [-0.25, -0.2) is 5.43 Å². The van der Waals surface area contributed by atoms with Crippen LogP contribution in [0, 0.1) is 17.3 Å². The molecule has 17 nitrogen and oxygen atoms in total. The Bertz CT molecular complexity index is 2420. The lowest BCUT2D eigenvalue weighted by molar-refractivity contribution is -0.155. The molecule has 342 valence electrons. The van der Waals surface area contributed by atoms with E-state index in [1.807, 2.05) is 32.9 Å². The predicted molar refractivity (Wildman–Crippen MR) is 240 cm³/mol. The number of nitrogens with zero attached hydrogens (tertiary/aromatic N) is 8. The van der Waals surface area contributed by atoms with Gasteiger partial charge in [0.05, 0.1) is 42.8 Å². The van der Waals surface area contributed by atoms with E-state index >= 15 is 0 Å². The molecule has 4 amide bonds. The number of ether oxygens (including phenoxy) is 2. The number of methoxy groups -OCH3 is 1. The van der Waals surface area contributed by atoms with Gasteiger partial charge in [-0.2, -0.15) is 15.0 Å². The van der Waals surface area contributed by atoms with Crippen LogP contribution in [0.3, 0.4) is 0 Å². The Balaban J connectivity index is 1.27. The van der Waals surface area contributed by atoms with Gasteiger partial charge in [0.2, 0.25) is 17.7 Å². The van der Waals surface area contributed by atoms with E-state index in [-0.39, 0.29) is 50.1 Å². The predicted octanol–water partition coefficient (Wildman–Crippen LogP) is 4.31. The van der Waals surface area contributed by atoms with Crippen molar-refractivity contribution in [3.63, 3.8) is 0 Å². The molecule has 2 saturated heterocycles. The van der Waals surface area contributed by atoms with Crippen molar-refractivity contribution in [2.24, 2.45) is 17.3 Å². The molecular weight excluding hydrogens is 817 g/mol. The summed E-state index contributed by atoms with van der Waals surface area (Å²) < 4.78 is 14.2. The molecule has 1 unspecified atom stereocenters. The Hall–Kier alpha value is -5.94. The van der Waals surface area contributed by atoms with Gasteiger partial charge >= 0.3 is 5.97 Å². The highest BCUT2D eigenvalue weighted by atomic mass is 16.5. The summed E-state index contributed by atoms with van der Waals surface area (Å²) >= 11 is 0. The van der Waals surface area contributed by atoms with Crippen molar-refractivity contribution in [1.29, 1.82) is 0 Å². The largest absolute Gasteiger partial charge is 0.464 e. The maximum absolute atomic E-state index is 14.5. The van der Waals surface area contributed by atoms with Crippen LogP contribution in [0.2, 0.25) is 0 Å². The quantitative estimate of drug-likeness (QED) is 0.171. The Morgan fingerprint density at radius 2 is 1.91 bits per heavy atom. The summed E-state index contributed by atoms with van der Waals surface area (Å²) in [4.78, 5) is 78.1. The van der Waals surface area contributed by atoms with Crippen molar-refractivity contribution in [2.45, 2.75) is 105 Å². The average Bonchev–Trinajstić information content (AvgIpc) is 4.05. The number of aryl methyl sites for hydroxylation is 1. The van der Waals surface area contributed by atoms with Gasteiger partial charge < -0.3 is 29.2 Å². The molecule has 0 aliphatic carbocycles. The summed E-state index contributed by atoms with van der Waals surface area (Å²) in [6, 6.07) is 7.26. The molecule has 3 aliphatic heterocycles. The van der Waals surface area contributed by atoms with Gasteiger partial charge in [-0.05, 0) is 81.4 Å². The van der Waals surface area contributed by atoms with Crippen LogP contribution in [0.4, 0.5) is 0 Å². The van der Waals surface area contributed by atoms with Gasteiger partial charge in [0.25, 0.3) is 5.91 Å². The lowest BCUT2D eigenvalue weighted by atomic mass is 9.84. The Morgan fingerprint density at radius 3 is 2.62 bits per heavy atom. The molecular formula is C47H62N10O7. The van der Waals surface area contributed by atoms with E-state index in [0.717, 1.165) is 39.0 Å². The lowest BCUT2D eigenvalue weighted by Crippen LogP contribution is -2.62. The number of hydrogen-bond acceptors (Lipinski definition) is 11. The number of nitrogens with one attached hydrogen (secondary N) is 2. The highest BCUT2D eigenvalue weighted by Crippen LogP contribution is 2.41. The van der Waals surface area contributed by atoms with Crippen LogP contribution in [0.15, 0.2) is 55.4 Å². The molecule has 4 aromatic rings. The zero-order valence-corrected chi connectivity index (χ0v) is 38.3. The van der Waals surface area contributed by atoms with E-state index in [9.17, 15) is 24.0 Å². The minimum atomic E-state index is -1.19. The second kappa shape index (κ2) is 19.0. The van der Waals surface area contributed by atoms with E-state index in [0.29, 0.717) is 44.5 Å². The highest BCUT2D eigenvalue weighted by molar-refractivity contribution is 5.96. The topological polar surface area (TPSA) is 186 Å². The first-order valence-electron chi connectivity index (χ1n) is 22.3.